The lowest BCUT2D eigenvalue weighted by Gasteiger charge is -2.03. The van der Waals surface area contributed by atoms with E-state index >= 15 is 0 Å². The Hall–Kier alpha value is -2.49. The lowest BCUT2D eigenvalue weighted by molar-refractivity contribution is 0.619. The van der Waals surface area contributed by atoms with Crippen LogP contribution in [0.1, 0.15) is 10.6 Å². The quantitative estimate of drug-likeness (QED) is 0.533. The Labute approximate surface area is 157 Å². The molecule has 3 nitrogen and oxygen atoms in total. The maximum Gasteiger partial charge on any atom is 0.136 e. The molecule has 0 aliphatic rings. The molecule has 0 bridgehead atoms. The second-order valence-electron chi connectivity index (χ2n) is 5.32. The van der Waals surface area contributed by atoms with E-state index in [9.17, 15) is 9.65 Å². The summed E-state index contributed by atoms with van der Waals surface area (Å²) < 4.78 is 14.6. The Morgan fingerprint density at radius 1 is 1.28 bits per heavy atom. The van der Waals surface area contributed by atoms with Crippen molar-refractivity contribution in [3.8, 4) is 17.3 Å². The van der Waals surface area contributed by atoms with Gasteiger partial charge in [0.1, 0.15) is 22.5 Å². The van der Waals surface area contributed by atoms with Crippen molar-refractivity contribution >= 4 is 38.5 Å². The van der Waals surface area contributed by atoms with E-state index in [2.05, 4.69) is 32.3 Å². The predicted molar refractivity (Wildman–Crippen MR) is 104 cm³/mol. The van der Waals surface area contributed by atoms with Gasteiger partial charge in [0.15, 0.2) is 0 Å². The molecule has 0 fully saturated rings. The normalized spacial score (nSPS) is 11.2. The van der Waals surface area contributed by atoms with Gasteiger partial charge in [0.2, 0.25) is 0 Å². The average Bonchev–Trinajstić information content (AvgIpc) is 3.09. The van der Waals surface area contributed by atoms with Gasteiger partial charge in [-0.3, -0.25) is 0 Å². The van der Waals surface area contributed by atoms with Crippen LogP contribution in [0.15, 0.2) is 58.5 Å². The Morgan fingerprint density at radius 3 is 2.72 bits per heavy atom. The van der Waals surface area contributed by atoms with Crippen LogP contribution >= 0.6 is 27.3 Å². The zero-order valence-electron chi connectivity index (χ0n) is 13.3. The van der Waals surface area contributed by atoms with Crippen LogP contribution in [0.25, 0.3) is 16.8 Å². The van der Waals surface area contributed by atoms with Gasteiger partial charge in [-0.05, 0) is 36.8 Å². The highest BCUT2D eigenvalue weighted by Crippen LogP contribution is 2.27. The maximum absolute atomic E-state index is 13.6. The molecule has 0 aliphatic heterocycles. The fourth-order valence-corrected chi connectivity index (χ4v) is 3.19. The molecule has 124 valence electrons. The first-order valence-electron chi connectivity index (χ1n) is 7.41. The van der Waals surface area contributed by atoms with Crippen molar-refractivity contribution < 1.29 is 4.39 Å². The highest BCUT2D eigenvalue weighted by atomic mass is 79.9. The highest BCUT2D eigenvalue weighted by molar-refractivity contribution is 9.10. The number of rotatable bonds is 4. The van der Waals surface area contributed by atoms with Crippen molar-refractivity contribution in [2.24, 2.45) is 0 Å². The lowest BCUT2D eigenvalue weighted by Crippen LogP contribution is -1.93. The second kappa shape index (κ2) is 7.60. The van der Waals surface area contributed by atoms with Crippen LogP contribution in [0.5, 0.6) is 0 Å². The van der Waals surface area contributed by atoms with E-state index in [-0.39, 0.29) is 5.82 Å². The van der Waals surface area contributed by atoms with Gasteiger partial charge < -0.3 is 5.32 Å². The molecule has 0 radical (unpaired) electrons. The largest absolute Gasteiger partial charge is 0.360 e. The number of hydrogen-bond donors (Lipinski definition) is 1. The zero-order valence-corrected chi connectivity index (χ0v) is 15.7. The Morgan fingerprint density at radius 2 is 2.04 bits per heavy atom. The van der Waals surface area contributed by atoms with Crippen molar-refractivity contribution in [1.82, 2.24) is 4.98 Å². The molecular weight excluding hydrogens is 401 g/mol. The first-order chi connectivity index (χ1) is 12.1. The van der Waals surface area contributed by atoms with E-state index in [1.54, 1.807) is 25.3 Å². The number of nitrogens with one attached hydrogen (secondary N) is 1. The van der Waals surface area contributed by atoms with Gasteiger partial charge in [0.05, 0.1) is 5.69 Å². The molecule has 2 aromatic carbocycles. The summed E-state index contributed by atoms with van der Waals surface area (Å²) in [6.45, 7) is 1.70. The number of thiazole rings is 1. The van der Waals surface area contributed by atoms with E-state index in [4.69, 9.17) is 0 Å². The third-order valence-corrected chi connectivity index (χ3v) is 4.95. The highest BCUT2D eigenvalue weighted by Gasteiger charge is 2.09. The molecule has 25 heavy (non-hydrogen) atoms. The summed E-state index contributed by atoms with van der Waals surface area (Å²) in [6, 6.07) is 14.8. The van der Waals surface area contributed by atoms with E-state index < -0.39 is 0 Å². The Balaban J connectivity index is 1.82. The summed E-state index contributed by atoms with van der Waals surface area (Å²) in [5, 5.41) is 14.9. The first kappa shape index (κ1) is 17.3. The summed E-state index contributed by atoms with van der Waals surface area (Å²) in [6.07, 6.45) is 1.55. The number of aromatic nitrogens is 1. The zero-order chi connectivity index (χ0) is 17.8. The molecule has 0 atom stereocenters. The van der Waals surface area contributed by atoms with Gasteiger partial charge in [-0.15, -0.1) is 11.3 Å². The Bertz CT molecular complexity index is 971. The van der Waals surface area contributed by atoms with Crippen molar-refractivity contribution in [3.05, 3.63) is 74.9 Å². The van der Waals surface area contributed by atoms with E-state index in [1.165, 1.54) is 17.4 Å². The van der Waals surface area contributed by atoms with Gasteiger partial charge in [0, 0.05) is 27.3 Å². The third-order valence-electron chi connectivity index (χ3n) is 3.55. The molecule has 0 spiro atoms. The van der Waals surface area contributed by atoms with Crippen LogP contribution in [0.4, 0.5) is 10.1 Å². The fourth-order valence-electron chi connectivity index (χ4n) is 2.13. The lowest BCUT2D eigenvalue weighted by atomic mass is 10.2. The van der Waals surface area contributed by atoms with Crippen molar-refractivity contribution in [1.29, 1.82) is 5.26 Å². The second-order valence-corrected chi connectivity index (χ2v) is 7.10. The summed E-state index contributed by atoms with van der Waals surface area (Å²) in [7, 11) is 0. The number of nitrogens with zero attached hydrogens (tertiary/aromatic N) is 2. The minimum absolute atomic E-state index is 0.288. The van der Waals surface area contributed by atoms with Gasteiger partial charge >= 0.3 is 0 Å². The number of nitriles is 1. The van der Waals surface area contributed by atoms with Crippen LogP contribution < -0.4 is 5.32 Å². The molecule has 1 aromatic heterocycles. The molecule has 0 aliphatic carbocycles. The summed E-state index contributed by atoms with van der Waals surface area (Å²) in [5.74, 6) is -0.288. The number of anilines is 1. The standard InChI is InChI=1S/C19H13BrFN3S/c1-12-2-7-16(8-17(12)21)23-10-14(9-22)19-24-18(11-25-19)13-3-5-15(20)6-4-13/h2-8,10-11,23H,1H3/b14-10+. The number of hydrogen-bond acceptors (Lipinski definition) is 4. The van der Waals surface area contributed by atoms with Gasteiger partial charge in [0.25, 0.3) is 0 Å². The summed E-state index contributed by atoms with van der Waals surface area (Å²) >= 11 is 4.80. The average molecular weight is 414 g/mol. The number of benzene rings is 2. The summed E-state index contributed by atoms with van der Waals surface area (Å²) in [4.78, 5) is 4.52. The van der Waals surface area contributed by atoms with Gasteiger partial charge in [-0.1, -0.05) is 34.1 Å². The monoisotopic (exact) mass is 413 g/mol. The molecule has 3 rings (SSSR count). The Kier molecular flexibility index (Phi) is 5.27. The molecule has 0 saturated heterocycles. The third kappa shape index (κ3) is 4.13. The fraction of sp³-hybridized carbons (Fsp3) is 0.0526. The van der Waals surface area contributed by atoms with Gasteiger partial charge in [-0.25, -0.2) is 9.37 Å². The van der Waals surface area contributed by atoms with E-state index in [0.29, 0.717) is 21.8 Å². The van der Waals surface area contributed by atoms with Gasteiger partial charge in [-0.2, -0.15) is 5.26 Å². The summed E-state index contributed by atoms with van der Waals surface area (Å²) in [5.41, 5.74) is 3.36. The minimum Gasteiger partial charge on any atom is -0.360 e. The molecular formula is C19H13BrFN3S. The molecule has 0 unspecified atom stereocenters. The molecule has 0 saturated carbocycles. The van der Waals surface area contributed by atoms with E-state index in [1.807, 2.05) is 29.6 Å². The smallest absolute Gasteiger partial charge is 0.136 e. The van der Waals surface area contributed by atoms with Crippen molar-refractivity contribution in [2.45, 2.75) is 6.92 Å². The molecule has 1 heterocycles. The van der Waals surface area contributed by atoms with Crippen LogP contribution in [0, 0.1) is 24.1 Å². The number of allylic oxidation sites excluding steroid dienone is 1. The first-order valence-corrected chi connectivity index (χ1v) is 9.09. The van der Waals surface area contributed by atoms with E-state index in [0.717, 1.165) is 15.7 Å². The number of halogens is 2. The molecule has 6 heteroatoms. The topological polar surface area (TPSA) is 48.7 Å². The number of aryl methyl sites for hydroxylation is 1. The van der Waals surface area contributed by atoms with Crippen LogP contribution in [0.3, 0.4) is 0 Å². The predicted octanol–water partition coefficient (Wildman–Crippen LogP) is 6.00. The van der Waals surface area contributed by atoms with Crippen LogP contribution in [-0.4, -0.2) is 4.98 Å². The van der Waals surface area contributed by atoms with Crippen LogP contribution in [0.2, 0.25) is 0 Å². The molecule has 0 amide bonds. The SMILES string of the molecule is Cc1ccc(N/C=C(\C#N)c2nc(-c3ccc(Br)cc3)cs2)cc1F. The molecule has 3 aromatic rings. The minimum atomic E-state index is -0.288. The molecule has 1 N–H and O–H groups in total. The van der Waals surface area contributed by atoms with Crippen LogP contribution in [-0.2, 0) is 0 Å². The van der Waals surface area contributed by atoms with Crippen molar-refractivity contribution in [2.75, 3.05) is 5.32 Å². The van der Waals surface area contributed by atoms with Crippen molar-refractivity contribution in [3.63, 3.8) is 0 Å². The maximum atomic E-state index is 13.6.